The fraction of sp³-hybridized carbons (Fsp3) is 0.464. The van der Waals surface area contributed by atoms with Crippen molar-refractivity contribution in [3.63, 3.8) is 0 Å². The summed E-state index contributed by atoms with van der Waals surface area (Å²) in [5.41, 5.74) is 3.70. The first-order chi connectivity index (χ1) is 18.2. The molecule has 8 nitrogen and oxygen atoms in total. The first-order valence-electron chi connectivity index (χ1n) is 12.9. The van der Waals surface area contributed by atoms with E-state index >= 15 is 0 Å². The maximum Gasteiger partial charge on any atom is 0.414 e. The van der Waals surface area contributed by atoms with E-state index in [9.17, 15) is 23.5 Å². The Hall–Kier alpha value is -3.69. The van der Waals surface area contributed by atoms with E-state index in [-0.39, 0.29) is 24.4 Å². The monoisotopic (exact) mass is 527 g/mol. The highest BCUT2D eigenvalue weighted by molar-refractivity contribution is 5.95. The zero-order valence-corrected chi connectivity index (χ0v) is 21.7. The molecule has 0 unspecified atom stereocenters. The lowest BCUT2D eigenvalue weighted by molar-refractivity contribution is -0.143. The number of anilines is 1. The van der Waals surface area contributed by atoms with Gasteiger partial charge in [0.2, 0.25) is 0 Å². The molecule has 0 saturated heterocycles. The summed E-state index contributed by atoms with van der Waals surface area (Å²) < 4.78 is 41.0. The van der Waals surface area contributed by atoms with Gasteiger partial charge in [-0.15, -0.1) is 0 Å². The number of aryl methyl sites for hydroxylation is 1. The average Bonchev–Trinajstić information content (AvgIpc) is 3.26. The van der Waals surface area contributed by atoms with Crippen molar-refractivity contribution in [2.45, 2.75) is 64.0 Å². The van der Waals surface area contributed by atoms with E-state index in [1.165, 1.54) is 26.4 Å². The van der Waals surface area contributed by atoms with Gasteiger partial charge < -0.3 is 19.1 Å². The quantitative estimate of drug-likeness (QED) is 0.462. The molecule has 1 fully saturated rings. The molecule has 2 heterocycles. The van der Waals surface area contributed by atoms with Crippen LogP contribution in [0.1, 0.15) is 62.0 Å². The molecule has 0 bridgehead atoms. The smallest absolute Gasteiger partial charge is 0.414 e. The van der Waals surface area contributed by atoms with Gasteiger partial charge in [-0.3, -0.25) is 9.69 Å². The van der Waals surface area contributed by atoms with Gasteiger partial charge in [0.1, 0.15) is 5.82 Å². The number of amides is 1. The number of aliphatic carboxylic acids is 1. The topological polar surface area (TPSA) is 93.9 Å². The van der Waals surface area contributed by atoms with Gasteiger partial charge in [0.05, 0.1) is 36.9 Å². The van der Waals surface area contributed by atoms with E-state index in [4.69, 9.17) is 14.5 Å². The van der Waals surface area contributed by atoms with Crippen molar-refractivity contribution in [1.82, 2.24) is 9.55 Å². The number of carbonyl (C=O) groups is 2. The number of ether oxygens (including phenoxy) is 2. The van der Waals surface area contributed by atoms with Gasteiger partial charge in [-0.1, -0.05) is 0 Å². The van der Waals surface area contributed by atoms with Gasteiger partial charge in [-0.2, -0.15) is 0 Å². The van der Waals surface area contributed by atoms with Gasteiger partial charge in [-0.25, -0.2) is 18.6 Å². The minimum absolute atomic E-state index is 0.00387. The van der Waals surface area contributed by atoms with E-state index in [1.807, 2.05) is 19.1 Å². The van der Waals surface area contributed by atoms with Crippen LogP contribution >= 0.6 is 0 Å². The lowest BCUT2D eigenvalue weighted by atomic mass is 9.85. The third-order valence-electron chi connectivity index (χ3n) is 7.93. The zero-order valence-electron chi connectivity index (χ0n) is 21.7. The number of aromatic nitrogens is 2. The van der Waals surface area contributed by atoms with Crippen molar-refractivity contribution in [1.29, 1.82) is 0 Å². The van der Waals surface area contributed by atoms with Crippen molar-refractivity contribution in [2.75, 3.05) is 19.1 Å². The van der Waals surface area contributed by atoms with E-state index < -0.39 is 29.4 Å². The van der Waals surface area contributed by atoms with Crippen LogP contribution in [0.2, 0.25) is 0 Å². The van der Waals surface area contributed by atoms with E-state index in [0.29, 0.717) is 37.1 Å². The minimum Gasteiger partial charge on any atom is -0.491 e. The van der Waals surface area contributed by atoms with Crippen LogP contribution in [0, 0.1) is 17.6 Å². The van der Waals surface area contributed by atoms with Crippen molar-refractivity contribution in [2.24, 2.45) is 5.92 Å². The molecule has 1 N–H and O–H groups in total. The number of halogens is 2. The summed E-state index contributed by atoms with van der Waals surface area (Å²) in [7, 11) is 2.57. The Bertz CT molecular complexity index is 1370. The second-order valence-electron chi connectivity index (χ2n) is 10.2. The molecule has 0 radical (unpaired) electrons. The maximum absolute atomic E-state index is 14.5. The molecule has 1 aromatic heterocycles. The predicted octanol–water partition coefficient (Wildman–Crippen LogP) is 5.64. The molecule has 38 heavy (non-hydrogen) atoms. The molecule has 0 spiro atoms. The van der Waals surface area contributed by atoms with Crippen LogP contribution in [0.15, 0.2) is 24.3 Å². The number of carbonyl (C=O) groups excluding carboxylic acids is 1. The first kappa shape index (κ1) is 25.9. The molecule has 10 heteroatoms. The third-order valence-corrected chi connectivity index (χ3v) is 7.93. The molecular formula is C28H31F2N3O5. The van der Waals surface area contributed by atoms with Crippen LogP contribution in [0.4, 0.5) is 19.3 Å². The number of carboxylic acid groups (broad SMARTS) is 1. The van der Waals surface area contributed by atoms with Crippen LogP contribution in [-0.2, 0) is 22.4 Å². The Balaban J connectivity index is 1.62. The molecule has 1 aliphatic carbocycles. The summed E-state index contributed by atoms with van der Waals surface area (Å²) in [4.78, 5) is 30.8. The second kappa shape index (κ2) is 10.2. The number of fused-ring (bicyclic) bond motifs is 3. The largest absolute Gasteiger partial charge is 0.491 e. The van der Waals surface area contributed by atoms with Gasteiger partial charge in [0.15, 0.2) is 17.4 Å². The number of methoxy groups -OCH3 is 2. The van der Waals surface area contributed by atoms with Crippen LogP contribution in [0.5, 0.6) is 5.75 Å². The molecule has 1 saturated carbocycles. The highest BCUT2D eigenvalue weighted by atomic mass is 19.1. The van der Waals surface area contributed by atoms with E-state index in [0.717, 1.165) is 35.1 Å². The lowest BCUT2D eigenvalue weighted by Crippen LogP contribution is -2.42. The SMILES string of the molecule is COC(=O)N1c2ccc3c(nc(Cc4cc(F)c(OC)c(F)c4)n3C3CCC(C(=O)O)CC3)c2CC[C@@H]1C. The summed E-state index contributed by atoms with van der Waals surface area (Å²) in [6.45, 7) is 1.97. The average molecular weight is 528 g/mol. The van der Waals surface area contributed by atoms with Gasteiger partial charge in [-0.05, 0) is 75.3 Å². The molecule has 2 aromatic carbocycles. The predicted molar refractivity (Wildman–Crippen MR) is 137 cm³/mol. The molecule has 1 amide bonds. The summed E-state index contributed by atoms with van der Waals surface area (Å²) in [5, 5.41) is 9.47. The number of hydrogen-bond acceptors (Lipinski definition) is 5. The molecule has 5 rings (SSSR count). The Morgan fingerprint density at radius 3 is 2.37 bits per heavy atom. The Morgan fingerprint density at radius 1 is 1.08 bits per heavy atom. The standard InChI is InChI=1S/C28H31F2N3O5/c1-15-4-9-19-22(32(15)28(36)38-3)10-11-23-25(19)31-24(14-16-12-20(29)26(37-2)21(30)13-16)33(23)18-7-5-17(6-8-18)27(34)35/h10-13,15,17-18H,4-9,14H2,1-3H3,(H,34,35)/t15-,17?,18?/m0/s1. The van der Waals surface area contributed by atoms with Crippen LogP contribution in [0.25, 0.3) is 11.0 Å². The molecule has 3 aromatic rings. The number of rotatable bonds is 5. The molecule has 202 valence electrons. The van der Waals surface area contributed by atoms with Crippen molar-refractivity contribution >= 4 is 28.8 Å². The highest BCUT2D eigenvalue weighted by Crippen LogP contribution is 2.41. The second-order valence-corrected chi connectivity index (χ2v) is 10.2. The fourth-order valence-electron chi connectivity index (χ4n) is 6.03. The summed E-state index contributed by atoms with van der Waals surface area (Å²) in [6.07, 6.45) is 3.60. The van der Waals surface area contributed by atoms with E-state index in [2.05, 4.69) is 4.57 Å². The van der Waals surface area contributed by atoms with Gasteiger partial charge in [0.25, 0.3) is 0 Å². The third kappa shape index (κ3) is 4.46. The number of hydrogen-bond donors (Lipinski definition) is 1. The molecular weight excluding hydrogens is 496 g/mol. The molecule has 2 aliphatic rings. The number of imidazole rings is 1. The minimum atomic E-state index is -0.785. The highest BCUT2D eigenvalue weighted by Gasteiger charge is 2.33. The van der Waals surface area contributed by atoms with Crippen LogP contribution in [-0.4, -0.2) is 47.0 Å². The van der Waals surface area contributed by atoms with Crippen LogP contribution < -0.4 is 9.64 Å². The number of carboxylic acids is 1. The van der Waals surface area contributed by atoms with Gasteiger partial charge >= 0.3 is 12.1 Å². The van der Waals surface area contributed by atoms with Crippen molar-refractivity contribution in [3.8, 4) is 5.75 Å². The Kier molecular flexibility index (Phi) is 6.98. The molecule has 1 aliphatic heterocycles. The Labute approximate surface area is 219 Å². The van der Waals surface area contributed by atoms with Crippen LogP contribution in [0.3, 0.4) is 0 Å². The summed E-state index contributed by atoms with van der Waals surface area (Å²) >= 11 is 0. The first-order valence-corrected chi connectivity index (χ1v) is 12.9. The molecule has 1 atom stereocenters. The van der Waals surface area contributed by atoms with Gasteiger partial charge in [0, 0.05) is 24.1 Å². The van der Waals surface area contributed by atoms with E-state index in [1.54, 1.807) is 4.90 Å². The lowest BCUT2D eigenvalue weighted by Gasteiger charge is -2.34. The summed E-state index contributed by atoms with van der Waals surface area (Å²) in [6, 6.07) is 6.30. The Morgan fingerprint density at radius 2 is 1.76 bits per heavy atom. The fourth-order valence-corrected chi connectivity index (χ4v) is 6.03. The number of nitrogens with zero attached hydrogens (tertiary/aromatic N) is 3. The van der Waals surface area contributed by atoms with Crippen molar-refractivity contribution in [3.05, 3.63) is 52.9 Å². The van der Waals surface area contributed by atoms with Crippen molar-refractivity contribution < 1.29 is 33.0 Å². The zero-order chi connectivity index (χ0) is 27.1. The number of benzene rings is 2. The summed E-state index contributed by atoms with van der Waals surface area (Å²) in [5.74, 6) is -2.52. The maximum atomic E-state index is 14.5. The normalized spacial score (nSPS) is 21.3.